The van der Waals surface area contributed by atoms with E-state index in [-0.39, 0.29) is 17.8 Å². The van der Waals surface area contributed by atoms with E-state index in [0.717, 1.165) is 16.9 Å². The molecule has 1 amide bonds. The van der Waals surface area contributed by atoms with E-state index in [1.54, 1.807) is 25.1 Å². The Morgan fingerprint density at radius 2 is 1.89 bits per heavy atom. The quantitative estimate of drug-likeness (QED) is 0.772. The highest BCUT2D eigenvalue weighted by molar-refractivity contribution is 7.92. The summed E-state index contributed by atoms with van der Waals surface area (Å²) >= 11 is 0. The number of hydrogen-bond donors (Lipinski definition) is 1. The molecule has 7 heteroatoms. The topological polar surface area (TPSA) is 75.7 Å². The molecule has 2 aromatic carbocycles. The van der Waals surface area contributed by atoms with Crippen molar-refractivity contribution in [2.75, 3.05) is 16.6 Å². The van der Waals surface area contributed by atoms with Crippen LogP contribution in [-0.4, -0.2) is 32.7 Å². The van der Waals surface area contributed by atoms with Crippen molar-refractivity contribution < 1.29 is 17.9 Å². The lowest BCUT2D eigenvalue weighted by Gasteiger charge is -2.18. The van der Waals surface area contributed by atoms with Gasteiger partial charge in [0.2, 0.25) is 10.0 Å². The fraction of sp³-hybridized carbons (Fsp3) is 0.381. The number of rotatable bonds is 7. The van der Waals surface area contributed by atoms with E-state index in [9.17, 15) is 13.2 Å². The molecule has 0 aliphatic carbocycles. The maximum Gasteiger partial charge on any atom is 0.251 e. The van der Waals surface area contributed by atoms with Gasteiger partial charge in [-0.25, -0.2) is 8.42 Å². The second kappa shape index (κ2) is 8.22. The van der Waals surface area contributed by atoms with Gasteiger partial charge in [-0.15, -0.1) is 0 Å². The third-order valence-electron chi connectivity index (χ3n) is 4.68. The van der Waals surface area contributed by atoms with Crippen molar-refractivity contribution in [1.82, 2.24) is 5.32 Å². The predicted octanol–water partition coefficient (Wildman–Crippen LogP) is 3.12. The highest BCUT2D eigenvalue weighted by Crippen LogP contribution is 2.33. The van der Waals surface area contributed by atoms with Crippen LogP contribution in [0.3, 0.4) is 0 Å². The van der Waals surface area contributed by atoms with Crippen LogP contribution in [0, 0.1) is 0 Å². The zero-order valence-corrected chi connectivity index (χ0v) is 17.3. The SMILES string of the molecule is CCS(=O)(=O)N1CCc2c(C(=O)NCc3ccc(OC(C)C)cc3)cccc21. The Labute approximate surface area is 166 Å². The molecule has 0 fully saturated rings. The number of amides is 1. The lowest BCUT2D eigenvalue weighted by Crippen LogP contribution is -2.30. The molecule has 3 rings (SSSR count). The fourth-order valence-corrected chi connectivity index (χ4v) is 4.45. The van der Waals surface area contributed by atoms with Crippen LogP contribution in [0.15, 0.2) is 42.5 Å². The standard InChI is InChI=1S/C21H26N2O4S/c1-4-28(25,26)23-13-12-18-19(6-5-7-20(18)23)21(24)22-14-16-8-10-17(11-9-16)27-15(2)3/h5-11,15H,4,12-14H2,1-3H3,(H,22,24). The van der Waals surface area contributed by atoms with Gasteiger partial charge >= 0.3 is 0 Å². The summed E-state index contributed by atoms with van der Waals surface area (Å²) in [6, 6.07) is 12.8. The molecule has 150 valence electrons. The molecule has 0 radical (unpaired) electrons. The normalized spacial score (nSPS) is 13.5. The predicted molar refractivity (Wildman–Crippen MR) is 110 cm³/mol. The largest absolute Gasteiger partial charge is 0.491 e. The lowest BCUT2D eigenvalue weighted by molar-refractivity contribution is 0.0950. The van der Waals surface area contributed by atoms with E-state index in [1.807, 2.05) is 38.1 Å². The number of benzene rings is 2. The summed E-state index contributed by atoms with van der Waals surface area (Å²) in [5.41, 5.74) is 2.90. The first-order valence-electron chi connectivity index (χ1n) is 9.48. The molecule has 28 heavy (non-hydrogen) atoms. The van der Waals surface area contributed by atoms with Crippen LogP contribution in [0.25, 0.3) is 0 Å². The average molecular weight is 403 g/mol. The number of fused-ring (bicyclic) bond motifs is 1. The maximum atomic E-state index is 12.7. The number of nitrogens with one attached hydrogen (secondary N) is 1. The van der Waals surface area contributed by atoms with Gasteiger partial charge in [0, 0.05) is 18.7 Å². The Bertz CT molecular complexity index is 953. The lowest BCUT2D eigenvalue weighted by atomic mass is 10.0. The number of nitrogens with zero attached hydrogens (tertiary/aromatic N) is 1. The van der Waals surface area contributed by atoms with Gasteiger partial charge < -0.3 is 10.1 Å². The number of anilines is 1. The van der Waals surface area contributed by atoms with E-state index in [1.165, 1.54) is 4.31 Å². The summed E-state index contributed by atoms with van der Waals surface area (Å²) < 4.78 is 31.6. The summed E-state index contributed by atoms with van der Waals surface area (Å²) in [6.07, 6.45) is 0.654. The van der Waals surface area contributed by atoms with Crippen molar-refractivity contribution in [3.63, 3.8) is 0 Å². The highest BCUT2D eigenvalue weighted by Gasteiger charge is 2.30. The third-order valence-corrected chi connectivity index (χ3v) is 6.46. The van der Waals surface area contributed by atoms with E-state index in [2.05, 4.69) is 5.32 Å². The molecule has 0 aromatic heterocycles. The van der Waals surface area contributed by atoms with Gasteiger partial charge in [0.15, 0.2) is 0 Å². The molecule has 1 heterocycles. The Hall–Kier alpha value is -2.54. The van der Waals surface area contributed by atoms with Crippen LogP contribution in [-0.2, 0) is 23.0 Å². The first-order chi connectivity index (χ1) is 13.3. The molecule has 1 aliphatic rings. The minimum absolute atomic E-state index is 0.0411. The van der Waals surface area contributed by atoms with E-state index in [4.69, 9.17) is 4.74 Å². The zero-order chi connectivity index (χ0) is 20.3. The number of ether oxygens (including phenoxy) is 1. The molecule has 0 unspecified atom stereocenters. The maximum absolute atomic E-state index is 12.7. The Morgan fingerprint density at radius 1 is 1.18 bits per heavy atom. The van der Waals surface area contributed by atoms with Crippen LogP contribution in [0.2, 0.25) is 0 Å². The van der Waals surface area contributed by atoms with E-state index >= 15 is 0 Å². The Morgan fingerprint density at radius 3 is 2.54 bits per heavy atom. The number of carbonyl (C=O) groups is 1. The van der Waals surface area contributed by atoms with Gasteiger partial charge in [-0.05, 0) is 62.6 Å². The smallest absolute Gasteiger partial charge is 0.251 e. The second-order valence-corrected chi connectivity index (χ2v) is 9.20. The molecule has 0 saturated heterocycles. The highest BCUT2D eigenvalue weighted by atomic mass is 32.2. The number of carbonyl (C=O) groups excluding carboxylic acids is 1. The molecular weight excluding hydrogens is 376 g/mol. The minimum atomic E-state index is -3.33. The van der Waals surface area contributed by atoms with E-state index in [0.29, 0.717) is 30.8 Å². The Balaban J connectivity index is 1.71. The van der Waals surface area contributed by atoms with E-state index < -0.39 is 10.0 Å². The van der Waals surface area contributed by atoms with Crippen LogP contribution in [0.1, 0.15) is 42.3 Å². The first-order valence-corrected chi connectivity index (χ1v) is 11.1. The van der Waals surface area contributed by atoms with Crippen LogP contribution in [0.5, 0.6) is 5.75 Å². The van der Waals surface area contributed by atoms with Crippen molar-refractivity contribution in [1.29, 1.82) is 0 Å². The average Bonchev–Trinajstić information content (AvgIpc) is 3.12. The van der Waals surface area contributed by atoms with Gasteiger partial charge in [-0.2, -0.15) is 0 Å². The molecule has 0 bridgehead atoms. The molecule has 0 saturated carbocycles. The van der Waals surface area contributed by atoms with Gasteiger partial charge in [0.25, 0.3) is 5.91 Å². The molecule has 0 atom stereocenters. The molecule has 2 aromatic rings. The molecule has 1 N–H and O–H groups in total. The van der Waals surface area contributed by atoms with Crippen molar-refractivity contribution in [3.05, 3.63) is 59.2 Å². The van der Waals surface area contributed by atoms with Gasteiger partial charge in [0.05, 0.1) is 17.5 Å². The minimum Gasteiger partial charge on any atom is -0.491 e. The van der Waals surface area contributed by atoms with Crippen LogP contribution < -0.4 is 14.4 Å². The fourth-order valence-electron chi connectivity index (χ4n) is 3.30. The summed E-state index contributed by atoms with van der Waals surface area (Å²) in [6.45, 7) is 6.34. The van der Waals surface area contributed by atoms with Crippen LogP contribution in [0.4, 0.5) is 5.69 Å². The summed E-state index contributed by atoms with van der Waals surface area (Å²) in [4.78, 5) is 12.7. The molecular formula is C21H26N2O4S. The van der Waals surface area contributed by atoms with Crippen LogP contribution >= 0.6 is 0 Å². The summed E-state index contributed by atoms with van der Waals surface area (Å²) in [5.74, 6) is 0.637. The van der Waals surface area contributed by atoms with Crippen molar-refractivity contribution in [3.8, 4) is 5.75 Å². The number of hydrogen-bond acceptors (Lipinski definition) is 4. The van der Waals surface area contributed by atoms with Crippen molar-refractivity contribution in [2.24, 2.45) is 0 Å². The third kappa shape index (κ3) is 4.30. The summed E-state index contributed by atoms with van der Waals surface area (Å²) in [5, 5.41) is 2.93. The Kier molecular flexibility index (Phi) is 5.93. The van der Waals surface area contributed by atoms with Gasteiger partial charge in [0.1, 0.15) is 5.75 Å². The summed E-state index contributed by atoms with van der Waals surface area (Å²) in [7, 11) is -3.33. The van der Waals surface area contributed by atoms with Crippen molar-refractivity contribution in [2.45, 2.75) is 39.8 Å². The molecule has 1 aliphatic heterocycles. The van der Waals surface area contributed by atoms with Gasteiger partial charge in [-0.1, -0.05) is 18.2 Å². The monoisotopic (exact) mass is 402 g/mol. The van der Waals surface area contributed by atoms with Gasteiger partial charge in [-0.3, -0.25) is 9.10 Å². The second-order valence-electron chi connectivity index (χ2n) is 7.02. The zero-order valence-electron chi connectivity index (χ0n) is 16.4. The first kappa shape index (κ1) is 20.2. The van der Waals surface area contributed by atoms with Crippen molar-refractivity contribution >= 4 is 21.6 Å². The molecule has 0 spiro atoms. The molecule has 6 nitrogen and oxygen atoms in total. The number of sulfonamides is 1.